The van der Waals surface area contributed by atoms with Gasteiger partial charge in [0.25, 0.3) is 0 Å². The fourth-order valence-corrected chi connectivity index (χ4v) is 1.35. The number of aryl methyl sites for hydroxylation is 1. The average Bonchev–Trinajstić information content (AvgIpc) is 2.25. The Labute approximate surface area is 91.9 Å². The minimum absolute atomic E-state index is 0.212. The summed E-state index contributed by atoms with van der Waals surface area (Å²) >= 11 is 0. The van der Waals surface area contributed by atoms with Crippen LogP contribution < -0.4 is 0 Å². The summed E-state index contributed by atoms with van der Waals surface area (Å²) in [5.41, 5.74) is 2.09. The number of benzene rings is 1. The lowest BCUT2D eigenvalue weighted by atomic mass is 10.1. The lowest BCUT2D eigenvalue weighted by Gasteiger charge is -2.15. The standard InChI is InChI=1S/C13H20O2/c1-4-11(3)15-9-13(14)12-7-5-6-10(2)8-12/h5-8,11,13-14H,4,9H2,1-3H3. The maximum atomic E-state index is 9.86. The van der Waals surface area contributed by atoms with Crippen LogP contribution in [0.3, 0.4) is 0 Å². The van der Waals surface area contributed by atoms with E-state index < -0.39 is 6.10 Å². The molecule has 2 heteroatoms. The van der Waals surface area contributed by atoms with Gasteiger partial charge in [0.15, 0.2) is 0 Å². The van der Waals surface area contributed by atoms with Crippen molar-refractivity contribution in [3.8, 4) is 0 Å². The van der Waals surface area contributed by atoms with E-state index in [-0.39, 0.29) is 6.10 Å². The van der Waals surface area contributed by atoms with Gasteiger partial charge < -0.3 is 9.84 Å². The van der Waals surface area contributed by atoms with E-state index in [1.165, 1.54) is 0 Å². The average molecular weight is 208 g/mol. The fraction of sp³-hybridized carbons (Fsp3) is 0.538. The molecule has 2 atom stereocenters. The predicted molar refractivity (Wildman–Crippen MR) is 61.8 cm³/mol. The van der Waals surface area contributed by atoms with Gasteiger partial charge in [0.05, 0.1) is 12.7 Å². The summed E-state index contributed by atoms with van der Waals surface area (Å²) < 4.78 is 5.50. The van der Waals surface area contributed by atoms with E-state index in [4.69, 9.17) is 4.74 Å². The molecule has 0 aliphatic rings. The normalized spacial score (nSPS) is 14.9. The van der Waals surface area contributed by atoms with Gasteiger partial charge in [0, 0.05) is 0 Å². The Hall–Kier alpha value is -0.860. The molecule has 0 spiro atoms. The van der Waals surface area contributed by atoms with E-state index >= 15 is 0 Å². The van der Waals surface area contributed by atoms with Gasteiger partial charge in [-0.15, -0.1) is 0 Å². The summed E-state index contributed by atoms with van der Waals surface area (Å²) in [6.45, 7) is 6.48. The highest BCUT2D eigenvalue weighted by Crippen LogP contribution is 2.15. The zero-order valence-electron chi connectivity index (χ0n) is 9.73. The van der Waals surface area contributed by atoms with Gasteiger partial charge in [0.1, 0.15) is 6.10 Å². The molecule has 1 rings (SSSR count). The summed E-state index contributed by atoms with van der Waals surface area (Å²) in [6.07, 6.45) is 0.670. The number of hydrogen-bond acceptors (Lipinski definition) is 2. The van der Waals surface area contributed by atoms with Crippen LogP contribution in [0.4, 0.5) is 0 Å². The Kier molecular flexibility index (Phi) is 4.79. The first-order chi connectivity index (χ1) is 7.13. The molecule has 15 heavy (non-hydrogen) atoms. The SMILES string of the molecule is CCC(C)OCC(O)c1cccc(C)c1. The monoisotopic (exact) mass is 208 g/mol. The Bertz CT molecular complexity index is 296. The first-order valence-corrected chi connectivity index (χ1v) is 5.49. The molecule has 0 heterocycles. The maximum absolute atomic E-state index is 9.86. The van der Waals surface area contributed by atoms with Gasteiger partial charge >= 0.3 is 0 Å². The second-order valence-electron chi connectivity index (χ2n) is 3.98. The van der Waals surface area contributed by atoms with E-state index in [0.717, 1.165) is 17.5 Å². The van der Waals surface area contributed by atoms with Crippen LogP contribution >= 0.6 is 0 Å². The topological polar surface area (TPSA) is 29.5 Å². The third-order valence-corrected chi connectivity index (χ3v) is 2.54. The lowest BCUT2D eigenvalue weighted by molar-refractivity contribution is -0.00376. The van der Waals surface area contributed by atoms with Crippen molar-refractivity contribution >= 4 is 0 Å². The minimum atomic E-state index is -0.515. The Balaban J connectivity index is 2.50. The fourth-order valence-electron chi connectivity index (χ4n) is 1.35. The predicted octanol–water partition coefficient (Wildman–Crippen LogP) is 2.84. The molecule has 1 aromatic rings. The highest BCUT2D eigenvalue weighted by atomic mass is 16.5. The Morgan fingerprint density at radius 2 is 2.13 bits per heavy atom. The largest absolute Gasteiger partial charge is 0.386 e. The van der Waals surface area contributed by atoms with E-state index in [0.29, 0.717) is 6.61 Å². The number of rotatable bonds is 5. The Morgan fingerprint density at radius 1 is 1.40 bits per heavy atom. The van der Waals surface area contributed by atoms with Crippen LogP contribution in [0.15, 0.2) is 24.3 Å². The molecule has 2 unspecified atom stereocenters. The molecule has 84 valence electrons. The van der Waals surface area contributed by atoms with Gasteiger partial charge in [-0.2, -0.15) is 0 Å². The van der Waals surface area contributed by atoms with E-state index in [1.54, 1.807) is 0 Å². The zero-order valence-corrected chi connectivity index (χ0v) is 9.73. The molecule has 1 aromatic carbocycles. The van der Waals surface area contributed by atoms with Gasteiger partial charge in [-0.1, -0.05) is 36.8 Å². The number of ether oxygens (including phenoxy) is 1. The first kappa shape index (κ1) is 12.2. The first-order valence-electron chi connectivity index (χ1n) is 5.49. The second-order valence-corrected chi connectivity index (χ2v) is 3.98. The van der Waals surface area contributed by atoms with E-state index in [1.807, 2.05) is 38.1 Å². The van der Waals surface area contributed by atoms with Crippen LogP contribution in [-0.2, 0) is 4.74 Å². The van der Waals surface area contributed by atoms with Crippen LogP contribution in [0, 0.1) is 6.92 Å². The molecular formula is C13H20O2. The van der Waals surface area contributed by atoms with Gasteiger partial charge in [-0.3, -0.25) is 0 Å². The molecule has 1 N–H and O–H groups in total. The van der Waals surface area contributed by atoms with Crippen LogP contribution in [0.5, 0.6) is 0 Å². The van der Waals surface area contributed by atoms with Crippen molar-refractivity contribution in [2.45, 2.75) is 39.4 Å². The van der Waals surface area contributed by atoms with Gasteiger partial charge in [-0.05, 0) is 25.8 Å². The van der Waals surface area contributed by atoms with Crippen molar-refractivity contribution in [2.24, 2.45) is 0 Å². The quantitative estimate of drug-likeness (QED) is 0.806. The molecule has 0 saturated carbocycles. The Morgan fingerprint density at radius 3 is 2.73 bits per heavy atom. The van der Waals surface area contributed by atoms with Crippen molar-refractivity contribution in [3.63, 3.8) is 0 Å². The lowest BCUT2D eigenvalue weighted by Crippen LogP contribution is -2.13. The number of aliphatic hydroxyl groups is 1. The third-order valence-electron chi connectivity index (χ3n) is 2.54. The number of aliphatic hydroxyl groups excluding tert-OH is 1. The molecule has 0 fully saturated rings. The summed E-state index contributed by atoms with van der Waals surface area (Å²) in [5, 5.41) is 9.86. The van der Waals surface area contributed by atoms with Crippen LogP contribution in [0.2, 0.25) is 0 Å². The molecule has 0 amide bonds. The van der Waals surface area contributed by atoms with E-state index in [2.05, 4.69) is 6.92 Å². The smallest absolute Gasteiger partial charge is 0.102 e. The van der Waals surface area contributed by atoms with Crippen molar-refractivity contribution in [1.82, 2.24) is 0 Å². The molecule has 0 radical (unpaired) electrons. The van der Waals surface area contributed by atoms with Crippen molar-refractivity contribution in [2.75, 3.05) is 6.61 Å². The zero-order chi connectivity index (χ0) is 11.3. The molecule has 2 nitrogen and oxygen atoms in total. The molecule has 0 saturated heterocycles. The highest BCUT2D eigenvalue weighted by Gasteiger charge is 2.09. The molecule has 0 aliphatic carbocycles. The summed E-state index contributed by atoms with van der Waals surface area (Å²) in [4.78, 5) is 0. The summed E-state index contributed by atoms with van der Waals surface area (Å²) in [6, 6.07) is 7.89. The minimum Gasteiger partial charge on any atom is -0.386 e. The summed E-state index contributed by atoms with van der Waals surface area (Å²) in [7, 11) is 0. The molecule has 0 aliphatic heterocycles. The maximum Gasteiger partial charge on any atom is 0.102 e. The third kappa shape index (κ3) is 4.02. The van der Waals surface area contributed by atoms with Crippen molar-refractivity contribution in [3.05, 3.63) is 35.4 Å². The second kappa shape index (κ2) is 5.89. The summed E-state index contributed by atoms with van der Waals surface area (Å²) in [5.74, 6) is 0. The van der Waals surface area contributed by atoms with Crippen molar-refractivity contribution < 1.29 is 9.84 Å². The van der Waals surface area contributed by atoms with Crippen LogP contribution in [0.25, 0.3) is 0 Å². The highest BCUT2D eigenvalue weighted by molar-refractivity contribution is 5.23. The van der Waals surface area contributed by atoms with Crippen LogP contribution in [-0.4, -0.2) is 17.8 Å². The van der Waals surface area contributed by atoms with Crippen molar-refractivity contribution in [1.29, 1.82) is 0 Å². The van der Waals surface area contributed by atoms with Gasteiger partial charge in [-0.25, -0.2) is 0 Å². The van der Waals surface area contributed by atoms with E-state index in [9.17, 15) is 5.11 Å². The molecule has 0 bridgehead atoms. The molecular weight excluding hydrogens is 188 g/mol. The van der Waals surface area contributed by atoms with Gasteiger partial charge in [0.2, 0.25) is 0 Å². The van der Waals surface area contributed by atoms with Crippen LogP contribution in [0.1, 0.15) is 37.5 Å². The molecule has 0 aromatic heterocycles. The number of hydrogen-bond donors (Lipinski definition) is 1.